The number of hydrogen-bond donors (Lipinski definition) is 2. The second-order valence-electron chi connectivity index (χ2n) is 3.37. The minimum Gasteiger partial charge on any atom is -0.508 e. The number of unbranched alkanes of at least 4 members (excludes halogenated alkanes) is 1. The van der Waals surface area contributed by atoms with Crippen LogP contribution in [0.5, 0.6) is 0 Å². The molecule has 1 rings (SSSR count). The van der Waals surface area contributed by atoms with Crippen LogP contribution in [-0.2, 0) is 0 Å². The van der Waals surface area contributed by atoms with Crippen molar-refractivity contribution in [2.24, 2.45) is 0 Å². The second-order valence-corrected chi connectivity index (χ2v) is 3.37. The maximum Gasteiger partial charge on any atom is 0.111 e. The Hall–Kier alpha value is -0.760. The highest BCUT2D eigenvalue weighted by molar-refractivity contribution is 5.22. The maximum atomic E-state index is 9.88. The average molecular weight is 168 g/mol. The van der Waals surface area contributed by atoms with Crippen LogP contribution in [0.25, 0.3) is 0 Å². The molecule has 0 saturated carbocycles. The van der Waals surface area contributed by atoms with E-state index in [-0.39, 0.29) is 5.76 Å². The van der Waals surface area contributed by atoms with Crippen molar-refractivity contribution < 1.29 is 10.2 Å². The molecule has 0 spiro atoms. The minimum absolute atomic E-state index is 0.260. The van der Waals surface area contributed by atoms with Crippen molar-refractivity contribution in [3.05, 3.63) is 24.0 Å². The zero-order chi connectivity index (χ0) is 9.03. The summed E-state index contributed by atoms with van der Waals surface area (Å²) in [5.41, 5.74) is -0.706. The molecule has 2 N–H and O–H groups in total. The summed E-state index contributed by atoms with van der Waals surface area (Å²) in [7, 11) is 0. The molecule has 1 aliphatic carbocycles. The van der Waals surface area contributed by atoms with Crippen molar-refractivity contribution in [2.75, 3.05) is 0 Å². The third-order valence-corrected chi connectivity index (χ3v) is 2.19. The van der Waals surface area contributed by atoms with Gasteiger partial charge in [-0.1, -0.05) is 19.8 Å². The van der Waals surface area contributed by atoms with Gasteiger partial charge in [-0.2, -0.15) is 0 Å². The van der Waals surface area contributed by atoms with Gasteiger partial charge in [-0.15, -0.1) is 0 Å². The molecular weight excluding hydrogens is 152 g/mol. The van der Waals surface area contributed by atoms with E-state index in [1.807, 2.05) is 0 Å². The molecule has 0 aromatic rings. The van der Waals surface area contributed by atoms with Crippen molar-refractivity contribution in [3.8, 4) is 0 Å². The molecule has 1 unspecified atom stereocenters. The molecule has 1 aliphatic rings. The van der Waals surface area contributed by atoms with Gasteiger partial charge in [-0.3, -0.25) is 0 Å². The number of allylic oxidation sites excluding steroid dienone is 1. The van der Waals surface area contributed by atoms with Gasteiger partial charge >= 0.3 is 0 Å². The monoisotopic (exact) mass is 168 g/mol. The maximum absolute atomic E-state index is 9.88. The standard InChI is InChI=1S/C10H16O2/c1-2-3-6-10(12)7-4-9(11)5-8-10/h4-5,7,11-12H,2-3,6,8H2,1H3. The lowest BCUT2D eigenvalue weighted by Gasteiger charge is -2.25. The molecule has 0 aliphatic heterocycles. The van der Waals surface area contributed by atoms with E-state index in [1.165, 1.54) is 0 Å². The van der Waals surface area contributed by atoms with Crippen molar-refractivity contribution in [1.29, 1.82) is 0 Å². The molecule has 0 amide bonds. The van der Waals surface area contributed by atoms with Gasteiger partial charge in [0.1, 0.15) is 5.76 Å². The van der Waals surface area contributed by atoms with Crippen LogP contribution in [0.3, 0.4) is 0 Å². The Labute approximate surface area is 73.2 Å². The summed E-state index contributed by atoms with van der Waals surface area (Å²) < 4.78 is 0. The fraction of sp³-hybridized carbons (Fsp3) is 0.600. The summed E-state index contributed by atoms with van der Waals surface area (Å²) in [6.07, 6.45) is 8.35. The van der Waals surface area contributed by atoms with Crippen LogP contribution < -0.4 is 0 Å². The first-order valence-corrected chi connectivity index (χ1v) is 4.47. The van der Waals surface area contributed by atoms with Gasteiger partial charge in [-0.25, -0.2) is 0 Å². The van der Waals surface area contributed by atoms with E-state index < -0.39 is 5.60 Å². The Morgan fingerprint density at radius 1 is 1.58 bits per heavy atom. The van der Waals surface area contributed by atoms with Gasteiger partial charge in [0.05, 0.1) is 5.60 Å². The first kappa shape index (κ1) is 9.33. The van der Waals surface area contributed by atoms with E-state index in [9.17, 15) is 5.11 Å². The van der Waals surface area contributed by atoms with Crippen molar-refractivity contribution in [1.82, 2.24) is 0 Å². The fourth-order valence-corrected chi connectivity index (χ4v) is 1.33. The second kappa shape index (κ2) is 3.76. The lowest BCUT2D eigenvalue weighted by Crippen LogP contribution is -2.26. The van der Waals surface area contributed by atoms with Gasteiger partial charge in [-0.05, 0) is 24.6 Å². The Morgan fingerprint density at radius 2 is 2.33 bits per heavy atom. The molecule has 0 fully saturated rings. The average Bonchev–Trinajstić information content (AvgIpc) is 2.08. The lowest BCUT2D eigenvalue weighted by atomic mass is 9.89. The predicted molar refractivity (Wildman–Crippen MR) is 48.9 cm³/mol. The summed E-state index contributed by atoms with van der Waals surface area (Å²) in [5, 5.41) is 18.9. The first-order chi connectivity index (χ1) is 5.66. The predicted octanol–water partition coefficient (Wildman–Crippen LogP) is 2.31. The molecule has 0 heterocycles. The Bertz CT molecular complexity index is 206. The van der Waals surface area contributed by atoms with E-state index in [2.05, 4.69) is 6.92 Å². The van der Waals surface area contributed by atoms with Crippen LogP contribution in [0.1, 0.15) is 32.6 Å². The molecule has 0 aromatic carbocycles. The van der Waals surface area contributed by atoms with Crippen molar-refractivity contribution in [3.63, 3.8) is 0 Å². The molecule has 0 radical (unpaired) electrons. The lowest BCUT2D eigenvalue weighted by molar-refractivity contribution is 0.0789. The van der Waals surface area contributed by atoms with E-state index in [4.69, 9.17) is 5.11 Å². The fourth-order valence-electron chi connectivity index (χ4n) is 1.33. The van der Waals surface area contributed by atoms with Crippen LogP contribution in [-0.4, -0.2) is 15.8 Å². The SMILES string of the molecule is CCCCC1(O)C=CC(O)=CC1. The van der Waals surface area contributed by atoms with Gasteiger partial charge in [0.2, 0.25) is 0 Å². The molecule has 2 nitrogen and oxygen atoms in total. The van der Waals surface area contributed by atoms with Gasteiger partial charge in [0, 0.05) is 6.42 Å². The van der Waals surface area contributed by atoms with Gasteiger partial charge in [0.25, 0.3) is 0 Å². The summed E-state index contributed by atoms with van der Waals surface area (Å²) in [6.45, 7) is 2.10. The van der Waals surface area contributed by atoms with Crippen LogP contribution in [0.15, 0.2) is 24.0 Å². The highest BCUT2D eigenvalue weighted by Crippen LogP contribution is 2.25. The van der Waals surface area contributed by atoms with Gasteiger partial charge < -0.3 is 10.2 Å². The van der Waals surface area contributed by atoms with E-state index in [0.717, 1.165) is 19.3 Å². The quantitative estimate of drug-likeness (QED) is 0.679. The number of aliphatic hydroxyl groups excluding tert-OH is 1. The molecule has 1 atom stereocenters. The Balaban J connectivity index is 2.47. The van der Waals surface area contributed by atoms with Gasteiger partial charge in [0.15, 0.2) is 0 Å². The number of rotatable bonds is 3. The van der Waals surface area contributed by atoms with Crippen LogP contribution >= 0.6 is 0 Å². The summed E-state index contributed by atoms with van der Waals surface area (Å²) >= 11 is 0. The largest absolute Gasteiger partial charge is 0.508 e. The summed E-state index contributed by atoms with van der Waals surface area (Å²) in [4.78, 5) is 0. The smallest absolute Gasteiger partial charge is 0.111 e. The minimum atomic E-state index is -0.706. The third-order valence-electron chi connectivity index (χ3n) is 2.19. The highest BCUT2D eigenvalue weighted by Gasteiger charge is 2.23. The molecule has 0 saturated heterocycles. The molecule has 0 aromatic heterocycles. The first-order valence-electron chi connectivity index (χ1n) is 4.47. The Morgan fingerprint density at radius 3 is 2.83 bits per heavy atom. The number of hydrogen-bond acceptors (Lipinski definition) is 2. The number of aliphatic hydroxyl groups is 2. The van der Waals surface area contributed by atoms with Crippen molar-refractivity contribution >= 4 is 0 Å². The van der Waals surface area contributed by atoms with Crippen molar-refractivity contribution in [2.45, 2.75) is 38.2 Å². The molecule has 2 heteroatoms. The zero-order valence-corrected chi connectivity index (χ0v) is 7.45. The zero-order valence-electron chi connectivity index (χ0n) is 7.45. The molecule has 12 heavy (non-hydrogen) atoms. The molecular formula is C10H16O2. The topological polar surface area (TPSA) is 40.5 Å². The van der Waals surface area contributed by atoms with E-state index in [1.54, 1.807) is 18.2 Å². The summed E-state index contributed by atoms with van der Waals surface area (Å²) in [6, 6.07) is 0. The third kappa shape index (κ3) is 2.38. The van der Waals surface area contributed by atoms with Crippen LogP contribution in [0.2, 0.25) is 0 Å². The van der Waals surface area contributed by atoms with Crippen LogP contribution in [0, 0.1) is 0 Å². The molecule has 68 valence electrons. The van der Waals surface area contributed by atoms with E-state index in [0.29, 0.717) is 6.42 Å². The van der Waals surface area contributed by atoms with Crippen LogP contribution in [0.4, 0.5) is 0 Å². The normalized spacial score (nSPS) is 28.7. The molecule has 0 bridgehead atoms. The Kier molecular flexibility index (Phi) is 2.93. The highest BCUT2D eigenvalue weighted by atomic mass is 16.3. The van der Waals surface area contributed by atoms with E-state index >= 15 is 0 Å². The summed E-state index contributed by atoms with van der Waals surface area (Å²) in [5.74, 6) is 0.260.